The Hall–Kier alpha value is -2.15. The number of sulfonamides is 1. The van der Waals surface area contributed by atoms with E-state index in [-0.39, 0.29) is 17.3 Å². The van der Waals surface area contributed by atoms with Gasteiger partial charge in [0.25, 0.3) is 0 Å². The van der Waals surface area contributed by atoms with Crippen molar-refractivity contribution >= 4 is 38.1 Å². The molecule has 0 saturated carbocycles. The van der Waals surface area contributed by atoms with Gasteiger partial charge in [0, 0.05) is 40.8 Å². The molecule has 0 amide bonds. The highest BCUT2D eigenvalue weighted by Gasteiger charge is 2.27. The van der Waals surface area contributed by atoms with Gasteiger partial charge in [-0.05, 0) is 48.4 Å². The van der Waals surface area contributed by atoms with Gasteiger partial charge in [-0.15, -0.1) is 0 Å². The van der Waals surface area contributed by atoms with Crippen molar-refractivity contribution in [3.05, 3.63) is 71.1 Å². The molecule has 134 valence electrons. The highest BCUT2D eigenvalue weighted by Crippen LogP contribution is 2.31. The molecule has 0 fully saturated rings. The zero-order valence-electron chi connectivity index (χ0n) is 13.7. The third kappa shape index (κ3) is 3.05. The summed E-state index contributed by atoms with van der Waals surface area (Å²) in [5.74, 6) is -0.292. The van der Waals surface area contributed by atoms with Crippen LogP contribution < -0.4 is 0 Å². The van der Waals surface area contributed by atoms with Gasteiger partial charge < -0.3 is 4.98 Å². The van der Waals surface area contributed by atoms with Crippen LogP contribution in [-0.2, 0) is 10.0 Å². The molecular weight excluding hydrogens is 375 g/mol. The van der Waals surface area contributed by atoms with E-state index in [1.54, 1.807) is 24.3 Å². The Morgan fingerprint density at radius 3 is 2.73 bits per heavy atom. The lowest BCUT2D eigenvalue weighted by molar-refractivity contribution is 0.441. The Bertz CT molecular complexity index is 1120. The number of rotatable bonds is 3. The van der Waals surface area contributed by atoms with Crippen molar-refractivity contribution in [3.8, 4) is 0 Å². The summed E-state index contributed by atoms with van der Waals surface area (Å²) in [4.78, 5) is 3.32. The van der Waals surface area contributed by atoms with Gasteiger partial charge in [-0.2, -0.15) is 4.31 Å². The minimum atomic E-state index is -3.59. The Balaban J connectivity index is 1.63. The smallest absolute Gasteiger partial charge is 0.243 e. The van der Waals surface area contributed by atoms with Crippen LogP contribution in [0.1, 0.15) is 12.0 Å². The molecule has 26 heavy (non-hydrogen) atoms. The summed E-state index contributed by atoms with van der Waals surface area (Å²) in [5, 5.41) is 1.20. The molecule has 1 aliphatic rings. The number of nitrogens with one attached hydrogen (secondary N) is 1. The van der Waals surface area contributed by atoms with Gasteiger partial charge in [-0.1, -0.05) is 23.7 Å². The van der Waals surface area contributed by atoms with Gasteiger partial charge in [-0.3, -0.25) is 0 Å². The van der Waals surface area contributed by atoms with E-state index in [1.807, 2.05) is 12.3 Å². The molecule has 4 rings (SSSR count). The first-order chi connectivity index (χ1) is 12.4. The lowest BCUT2D eigenvalue weighted by Gasteiger charge is -2.26. The molecular formula is C19H16ClFN2O2S. The summed E-state index contributed by atoms with van der Waals surface area (Å²) in [5.41, 5.74) is 2.79. The van der Waals surface area contributed by atoms with Crippen LogP contribution in [0.3, 0.4) is 0 Å². The summed E-state index contributed by atoms with van der Waals surface area (Å²) < 4.78 is 40.5. The van der Waals surface area contributed by atoms with E-state index >= 15 is 0 Å². The molecule has 0 bridgehead atoms. The van der Waals surface area contributed by atoms with Crippen molar-refractivity contribution in [2.45, 2.75) is 11.3 Å². The van der Waals surface area contributed by atoms with E-state index < -0.39 is 10.0 Å². The maximum absolute atomic E-state index is 13.6. The maximum atomic E-state index is 13.6. The number of fused-ring (bicyclic) bond motifs is 1. The molecule has 4 nitrogen and oxygen atoms in total. The number of H-pyrrole nitrogens is 1. The van der Waals surface area contributed by atoms with Crippen molar-refractivity contribution in [2.75, 3.05) is 13.1 Å². The van der Waals surface area contributed by atoms with Crippen LogP contribution in [0.4, 0.5) is 4.39 Å². The summed E-state index contributed by atoms with van der Waals surface area (Å²) in [6, 6.07) is 10.9. The first kappa shape index (κ1) is 17.3. The Kier molecular flexibility index (Phi) is 4.34. The van der Waals surface area contributed by atoms with Crippen molar-refractivity contribution in [1.29, 1.82) is 0 Å². The minimum absolute atomic E-state index is 0.191. The fourth-order valence-electron chi connectivity index (χ4n) is 3.25. The van der Waals surface area contributed by atoms with Crippen LogP contribution in [0.2, 0.25) is 5.02 Å². The molecule has 0 aliphatic carbocycles. The monoisotopic (exact) mass is 390 g/mol. The molecule has 1 aromatic heterocycles. The Morgan fingerprint density at radius 2 is 2.00 bits per heavy atom. The van der Waals surface area contributed by atoms with Crippen LogP contribution in [0.25, 0.3) is 16.5 Å². The fourth-order valence-corrected chi connectivity index (χ4v) is 4.93. The number of hydrogen-bond donors (Lipinski definition) is 1. The van der Waals surface area contributed by atoms with Crippen molar-refractivity contribution < 1.29 is 12.8 Å². The summed E-state index contributed by atoms with van der Waals surface area (Å²) in [6.45, 7) is 0.634. The van der Waals surface area contributed by atoms with Gasteiger partial charge in [-0.25, -0.2) is 12.8 Å². The summed E-state index contributed by atoms with van der Waals surface area (Å²) in [7, 11) is -3.59. The topological polar surface area (TPSA) is 53.2 Å². The Labute approximate surface area is 155 Å². The number of hydrogen-bond acceptors (Lipinski definition) is 2. The SMILES string of the molecule is O=S(=O)(c1cccc(Cl)c1)N1CC=C(c2c[nH]c3ccc(F)cc23)CC1. The molecule has 0 unspecified atom stereocenters. The van der Waals surface area contributed by atoms with E-state index in [9.17, 15) is 12.8 Å². The van der Waals surface area contributed by atoms with Crippen LogP contribution in [0.15, 0.2) is 59.6 Å². The molecule has 1 aliphatic heterocycles. The maximum Gasteiger partial charge on any atom is 0.243 e. The van der Waals surface area contributed by atoms with Gasteiger partial charge in [0.15, 0.2) is 0 Å². The minimum Gasteiger partial charge on any atom is -0.361 e. The van der Waals surface area contributed by atoms with Crippen molar-refractivity contribution in [3.63, 3.8) is 0 Å². The van der Waals surface area contributed by atoms with E-state index in [0.717, 1.165) is 22.0 Å². The lowest BCUT2D eigenvalue weighted by Crippen LogP contribution is -2.34. The van der Waals surface area contributed by atoms with E-state index in [2.05, 4.69) is 4.98 Å². The predicted molar refractivity (Wildman–Crippen MR) is 101 cm³/mol. The molecule has 0 radical (unpaired) electrons. The average Bonchev–Trinajstić information content (AvgIpc) is 3.05. The third-order valence-electron chi connectivity index (χ3n) is 4.60. The predicted octanol–water partition coefficient (Wildman–Crippen LogP) is 4.44. The number of nitrogens with zero attached hydrogens (tertiary/aromatic N) is 1. The number of benzene rings is 2. The normalized spacial score (nSPS) is 16.0. The molecule has 7 heteroatoms. The number of halogens is 2. The summed E-state index contributed by atoms with van der Waals surface area (Å²) in [6.07, 6.45) is 4.29. The molecule has 1 N–H and O–H groups in total. The standard InChI is InChI=1S/C19H16ClFN2O2S/c20-14-2-1-3-16(10-14)26(24,25)23-8-6-13(7-9-23)18-12-22-19-5-4-15(21)11-17(18)19/h1-6,10-12,22H,7-9H2. The average molecular weight is 391 g/mol. The van der Waals surface area contributed by atoms with Gasteiger partial charge in [0.05, 0.1) is 4.90 Å². The molecule has 0 spiro atoms. The molecule has 2 aromatic carbocycles. The fraction of sp³-hybridized carbons (Fsp3) is 0.158. The van der Waals surface area contributed by atoms with Crippen molar-refractivity contribution in [2.24, 2.45) is 0 Å². The quantitative estimate of drug-likeness (QED) is 0.718. The van der Waals surface area contributed by atoms with Crippen LogP contribution in [0.5, 0.6) is 0 Å². The van der Waals surface area contributed by atoms with E-state index in [0.29, 0.717) is 18.0 Å². The highest BCUT2D eigenvalue weighted by molar-refractivity contribution is 7.89. The van der Waals surface area contributed by atoms with Crippen molar-refractivity contribution in [1.82, 2.24) is 9.29 Å². The first-order valence-electron chi connectivity index (χ1n) is 8.17. The second kappa shape index (κ2) is 6.54. The number of aromatic amines is 1. The van der Waals surface area contributed by atoms with Gasteiger partial charge in [0.1, 0.15) is 5.82 Å². The lowest BCUT2D eigenvalue weighted by atomic mass is 10.00. The zero-order chi connectivity index (χ0) is 18.3. The van der Waals surface area contributed by atoms with Crippen LogP contribution in [-0.4, -0.2) is 30.8 Å². The van der Waals surface area contributed by atoms with E-state index in [4.69, 9.17) is 11.6 Å². The second-order valence-electron chi connectivity index (χ2n) is 6.19. The Morgan fingerprint density at radius 1 is 1.15 bits per heavy atom. The third-order valence-corrected chi connectivity index (χ3v) is 6.69. The van der Waals surface area contributed by atoms with Crippen LogP contribution in [0, 0.1) is 5.82 Å². The number of aromatic nitrogens is 1. The van der Waals surface area contributed by atoms with E-state index in [1.165, 1.54) is 22.5 Å². The molecule has 0 saturated heterocycles. The molecule has 2 heterocycles. The van der Waals surface area contributed by atoms with Gasteiger partial charge >= 0.3 is 0 Å². The zero-order valence-corrected chi connectivity index (χ0v) is 15.3. The summed E-state index contributed by atoms with van der Waals surface area (Å²) >= 11 is 5.92. The second-order valence-corrected chi connectivity index (χ2v) is 8.57. The van der Waals surface area contributed by atoms with Gasteiger partial charge in [0.2, 0.25) is 10.0 Å². The highest BCUT2D eigenvalue weighted by atomic mass is 35.5. The molecule has 3 aromatic rings. The van der Waals surface area contributed by atoms with Crippen LogP contribution >= 0.6 is 11.6 Å². The molecule has 0 atom stereocenters. The largest absolute Gasteiger partial charge is 0.361 e. The first-order valence-corrected chi connectivity index (χ1v) is 9.99.